The largest absolute Gasteiger partial charge is 0.385 e. The summed E-state index contributed by atoms with van der Waals surface area (Å²) in [5.74, 6) is 0. The van der Waals surface area contributed by atoms with Crippen LogP contribution in [0.15, 0.2) is 42.5 Å². The lowest BCUT2D eigenvalue weighted by atomic mass is 10.0. The normalized spacial score (nSPS) is 13.0. The quantitative estimate of drug-likeness (QED) is 0.773. The van der Waals surface area contributed by atoms with Gasteiger partial charge in [-0.15, -0.1) is 0 Å². The molecular weight excluding hydrogens is 286 g/mol. The van der Waals surface area contributed by atoms with Gasteiger partial charge in [-0.3, -0.25) is 0 Å². The first-order valence-corrected chi connectivity index (χ1v) is 7.29. The Morgan fingerprint density at radius 1 is 1.10 bits per heavy atom. The monoisotopic (exact) mass is 301 g/mol. The van der Waals surface area contributed by atoms with E-state index in [0.29, 0.717) is 10.7 Å². The van der Waals surface area contributed by atoms with Crippen molar-refractivity contribution in [2.45, 2.75) is 12.8 Å². The van der Waals surface area contributed by atoms with Crippen LogP contribution in [0.4, 0.5) is 21.9 Å². The Kier molecular flexibility index (Phi) is 3.97. The van der Waals surface area contributed by atoms with Crippen molar-refractivity contribution in [3.63, 3.8) is 0 Å². The van der Waals surface area contributed by atoms with E-state index >= 15 is 0 Å². The van der Waals surface area contributed by atoms with Gasteiger partial charge in [-0.2, -0.15) is 0 Å². The number of hydrogen-bond acceptors (Lipinski definition) is 2. The van der Waals surface area contributed by atoms with Gasteiger partial charge in [-0.05, 0) is 54.8 Å². The second kappa shape index (κ2) is 6.06. The van der Waals surface area contributed by atoms with Gasteiger partial charge in [0.25, 0.3) is 0 Å². The molecule has 2 aromatic carbocycles. The molecule has 2 amide bonds. The molecule has 3 N–H and O–H groups in total. The van der Waals surface area contributed by atoms with Gasteiger partial charge in [-0.25, -0.2) is 4.79 Å². The summed E-state index contributed by atoms with van der Waals surface area (Å²) in [6.45, 7) is 1.01. The number of carbonyl (C=O) groups excluding carboxylic acids is 1. The van der Waals surface area contributed by atoms with Gasteiger partial charge in [-0.1, -0.05) is 17.7 Å². The standard InChI is InChI=1S/C16H16ClN3O/c17-12-4-1-5-13(10-12)19-16(21)20-14-6-7-15-11(9-14)3-2-8-18-15/h1,4-7,9-10,18H,2-3,8H2,(H2,19,20,21). The van der Waals surface area contributed by atoms with Crippen LogP contribution in [-0.2, 0) is 6.42 Å². The topological polar surface area (TPSA) is 53.2 Å². The van der Waals surface area contributed by atoms with Gasteiger partial charge in [0.2, 0.25) is 0 Å². The third-order valence-electron chi connectivity index (χ3n) is 3.38. The first-order valence-electron chi connectivity index (χ1n) is 6.91. The fourth-order valence-electron chi connectivity index (χ4n) is 2.41. The molecule has 0 atom stereocenters. The van der Waals surface area contributed by atoms with E-state index in [2.05, 4.69) is 16.0 Å². The maximum Gasteiger partial charge on any atom is 0.323 e. The molecule has 1 aliphatic rings. The van der Waals surface area contributed by atoms with Crippen molar-refractivity contribution < 1.29 is 4.79 Å². The van der Waals surface area contributed by atoms with Crippen molar-refractivity contribution in [2.24, 2.45) is 0 Å². The van der Waals surface area contributed by atoms with Gasteiger partial charge >= 0.3 is 6.03 Å². The van der Waals surface area contributed by atoms with Crippen LogP contribution in [0.2, 0.25) is 5.02 Å². The number of nitrogens with one attached hydrogen (secondary N) is 3. The minimum Gasteiger partial charge on any atom is -0.385 e. The van der Waals surface area contributed by atoms with Crippen LogP contribution in [0.5, 0.6) is 0 Å². The van der Waals surface area contributed by atoms with Crippen LogP contribution >= 0.6 is 11.6 Å². The average molecular weight is 302 g/mol. The van der Waals surface area contributed by atoms with Crippen LogP contribution in [-0.4, -0.2) is 12.6 Å². The number of carbonyl (C=O) groups is 1. The Labute approximate surface area is 128 Å². The Morgan fingerprint density at radius 3 is 2.71 bits per heavy atom. The molecule has 0 aromatic heterocycles. The van der Waals surface area contributed by atoms with Crippen LogP contribution in [0.1, 0.15) is 12.0 Å². The second-order valence-corrected chi connectivity index (χ2v) is 5.43. The van der Waals surface area contributed by atoms with E-state index in [0.717, 1.165) is 30.8 Å². The highest BCUT2D eigenvalue weighted by atomic mass is 35.5. The minimum atomic E-state index is -0.277. The highest BCUT2D eigenvalue weighted by molar-refractivity contribution is 6.30. The Hall–Kier alpha value is -2.20. The second-order valence-electron chi connectivity index (χ2n) is 4.99. The highest BCUT2D eigenvalue weighted by Gasteiger charge is 2.10. The number of rotatable bonds is 2. The van der Waals surface area contributed by atoms with Crippen LogP contribution in [0, 0.1) is 0 Å². The van der Waals surface area contributed by atoms with Gasteiger partial charge in [0, 0.05) is 28.6 Å². The van der Waals surface area contributed by atoms with Crippen molar-refractivity contribution >= 4 is 34.7 Å². The van der Waals surface area contributed by atoms with Crippen molar-refractivity contribution in [3.05, 3.63) is 53.1 Å². The molecule has 0 saturated carbocycles. The Morgan fingerprint density at radius 2 is 1.90 bits per heavy atom. The van der Waals surface area contributed by atoms with E-state index in [1.54, 1.807) is 24.3 Å². The molecule has 0 bridgehead atoms. The number of urea groups is 1. The smallest absolute Gasteiger partial charge is 0.323 e. The van der Waals surface area contributed by atoms with Gasteiger partial charge in [0.15, 0.2) is 0 Å². The molecule has 3 rings (SSSR count). The zero-order valence-corrected chi connectivity index (χ0v) is 12.2. The summed E-state index contributed by atoms with van der Waals surface area (Å²) in [4.78, 5) is 12.0. The molecule has 1 heterocycles. The molecule has 0 spiro atoms. The fraction of sp³-hybridized carbons (Fsp3) is 0.188. The molecule has 0 aliphatic carbocycles. The molecule has 2 aromatic rings. The summed E-state index contributed by atoms with van der Waals surface area (Å²) in [5, 5.41) is 9.54. The van der Waals surface area contributed by atoms with Gasteiger partial charge in [0.05, 0.1) is 0 Å². The molecule has 0 radical (unpaired) electrons. The zero-order valence-electron chi connectivity index (χ0n) is 11.4. The molecule has 21 heavy (non-hydrogen) atoms. The summed E-state index contributed by atoms with van der Waals surface area (Å²) < 4.78 is 0. The lowest BCUT2D eigenvalue weighted by Gasteiger charge is -2.18. The molecule has 0 fully saturated rings. The van der Waals surface area contributed by atoms with Crippen LogP contribution < -0.4 is 16.0 Å². The van der Waals surface area contributed by atoms with Crippen molar-refractivity contribution in [2.75, 3.05) is 22.5 Å². The molecule has 5 heteroatoms. The Balaban J connectivity index is 1.67. The summed E-state index contributed by atoms with van der Waals surface area (Å²) in [6.07, 6.45) is 2.15. The van der Waals surface area contributed by atoms with E-state index in [1.165, 1.54) is 5.56 Å². The third-order valence-corrected chi connectivity index (χ3v) is 3.62. The zero-order chi connectivity index (χ0) is 14.7. The summed E-state index contributed by atoms with van der Waals surface area (Å²) >= 11 is 5.89. The number of anilines is 3. The van der Waals surface area contributed by atoms with Crippen LogP contribution in [0.25, 0.3) is 0 Å². The van der Waals surface area contributed by atoms with E-state index in [-0.39, 0.29) is 6.03 Å². The minimum absolute atomic E-state index is 0.277. The van der Waals surface area contributed by atoms with Crippen molar-refractivity contribution in [1.82, 2.24) is 0 Å². The molecule has 108 valence electrons. The SMILES string of the molecule is O=C(Nc1cccc(Cl)c1)Nc1ccc2c(c1)CCCN2. The van der Waals surface area contributed by atoms with E-state index in [1.807, 2.05) is 18.2 Å². The lowest BCUT2D eigenvalue weighted by molar-refractivity contribution is 0.262. The Bertz CT molecular complexity index is 672. The van der Waals surface area contributed by atoms with E-state index in [9.17, 15) is 4.79 Å². The predicted molar refractivity (Wildman–Crippen MR) is 87.3 cm³/mol. The molecule has 1 aliphatic heterocycles. The predicted octanol–water partition coefficient (Wildman–Crippen LogP) is 4.34. The summed E-state index contributed by atoms with van der Waals surface area (Å²) in [5.41, 5.74) is 3.85. The molecule has 0 saturated heterocycles. The summed E-state index contributed by atoms with van der Waals surface area (Å²) in [7, 11) is 0. The van der Waals surface area contributed by atoms with Crippen LogP contribution in [0.3, 0.4) is 0 Å². The first-order chi connectivity index (χ1) is 10.2. The molecule has 0 unspecified atom stereocenters. The highest BCUT2D eigenvalue weighted by Crippen LogP contribution is 2.25. The van der Waals surface area contributed by atoms with Gasteiger partial charge < -0.3 is 16.0 Å². The fourth-order valence-corrected chi connectivity index (χ4v) is 2.60. The number of hydrogen-bond donors (Lipinski definition) is 3. The summed E-state index contributed by atoms with van der Waals surface area (Å²) in [6, 6.07) is 12.7. The molecule has 4 nitrogen and oxygen atoms in total. The number of halogens is 1. The number of fused-ring (bicyclic) bond motifs is 1. The van der Waals surface area contributed by atoms with E-state index < -0.39 is 0 Å². The molecular formula is C16H16ClN3O. The number of benzene rings is 2. The maximum atomic E-state index is 12.0. The third kappa shape index (κ3) is 3.47. The maximum absolute atomic E-state index is 12.0. The van der Waals surface area contributed by atoms with E-state index in [4.69, 9.17) is 11.6 Å². The number of amides is 2. The van der Waals surface area contributed by atoms with Crippen molar-refractivity contribution in [1.29, 1.82) is 0 Å². The lowest BCUT2D eigenvalue weighted by Crippen LogP contribution is -2.20. The number of aryl methyl sites for hydroxylation is 1. The van der Waals surface area contributed by atoms with Gasteiger partial charge in [0.1, 0.15) is 0 Å². The van der Waals surface area contributed by atoms with Crippen molar-refractivity contribution in [3.8, 4) is 0 Å². The first kappa shape index (κ1) is 13.8. The average Bonchev–Trinajstić information content (AvgIpc) is 2.47.